The molecule has 1 saturated carbocycles. The lowest BCUT2D eigenvalue weighted by Gasteiger charge is -2.37. The maximum atomic E-state index is 11.2. The molecule has 5 rings (SSSR count). The van der Waals surface area contributed by atoms with Gasteiger partial charge in [0.25, 0.3) is 0 Å². The molecule has 4 heterocycles. The van der Waals surface area contributed by atoms with Gasteiger partial charge in [0.15, 0.2) is 0 Å². The first-order valence-corrected chi connectivity index (χ1v) is 10.8. The van der Waals surface area contributed by atoms with Crippen LogP contribution < -0.4 is 15.1 Å². The van der Waals surface area contributed by atoms with Crippen LogP contribution in [0.2, 0.25) is 0 Å². The highest BCUT2D eigenvalue weighted by atomic mass is 16.4. The van der Waals surface area contributed by atoms with E-state index in [4.69, 9.17) is 4.98 Å². The van der Waals surface area contributed by atoms with E-state index in [-0.39, 0.29) is 5.56 Å². The van der Waals surface area contributed by atoms with Crippen LogP contribution in [-0.2, 0) is 0 Å². The Morgan fingerprint density at radius 1 is 1.19 bits per heavy atom. The summed E-state index contributed by atoms with van der Waals surface area (Å²) in [5, 5.41) is 23.0. The Labute approximate surface area is 185 Å². The van der Waals surface area contributed by atoms with Gasteiger partial charge < -0.3 is 24.8 Å². The molecule has 1 aliphatic carbocycles. The first-order valence-electron chi connectivity index (χ1n) is 10.8. The van der Waals surface area contributed by atoms with Crippen molar-refractivity contribution >= 4 is 28.5 Å². The third-order valence-electron chi connectivity index (χ3n) is 6.64. The van der Waals surface area contributed by atoms with Crippen LogP contribution >= 0.6 is 0 Å². The predicted octanol–water partition coefficient (Wildman–Crippen LogP) is 2.25. The molecule has 0 unspecified atom stereocenters. The van der Waals surface area contributed by atoms with Gasteiger partial charge >= 0.3 is 5.97 Å². The maximum Gasteiger partial charge on any atom is 0.337 e. The van der Waals surface area contributed by atoms with Crippen molar-refractivity contribution in [2.45, 2.75) is 24.9 Å². The van der Waals surface area contributed by atoms with Crippen molar-refractivity contribution in [3.63, 3.8) is 0 Å². The number of hydrogen-bond donors (Lipinski definition) is 2. The summed E-state index contributed by atoms with van der Waals surface area (Å²) in [5.74, 6) is -0.0642. The Bertz CT molecular complexity index is 1200. The van der Waals surface area contributed by atoms with Gasteiger partial charge in [0.2, 0.25) is 0 Å². The van der Waals surface area contributed by atoms with Gasteiger partial charge in [-0.05, 0) is 38.1 Å². The van der Waals surface area contributed by atoms with Gasteiger partial charge in [0.1, 0.15) is 17.5 Å². The Balaban J connectivity index is 1.35. The quantitative estimate of drug-likeness (QED) is 0.633. The monoisotopic (exact) mass is 431 g/mol. The number of nitrogens with zero attached hydrogens (tertiary/aromatic N) is 6. The molecule has 0 radical (unpaired) electrons. The molecule has 3 aromatic rings. The molecule has 0 aromatic carbocycles. The number of aromatic nitrogens is 3. The Morgan fingerprint density at radius 2 is 1.94 bits per heavy atom. The lowest BCUT2D eigenvalue weighted by molar-refractivity contribution is 0.0696. The summed E-state index contributed by atoms with van der Waals surface area (Å²) < 4.78 is 2.17. The topological polar surface area (TPSA) is 110 Å². The Hall–Kier alpha value is -3.64. The molecule has 0 spiro atoms. The van der Waals surface area contributed by atoms with E-state index in [0.29, 0.717) is 17.6 Å². The van der Waals surface area contributed by atoms with Crippen LogP contribution in [0.1, 0.15) is 34.8 Å². The van der Waals surface area contributed by atoms with Crippen LogP contribution in [0.3, 0.4) is 0 Å². The van der Waals surface area contributed by atoms with Crippen molar-refractivity contribution in [3.8, 4) is 6.07 Å². The Kier molecular flexibility index (Phi) is 5.15. The van der Waals surface area contributed by atoms with Crippen molar-refractivity contribution < 1.29 is 9.90 Å². The molecule has 9 nitrogen and oxygen atoms in total. The second kappa shape index (κ2) is 8.13. The van der Waals surface area contributed by atoms with Crippen LogP contribution in [0.15, 0.2) is 36.8 Å². The van der Waals surface area contributed by atoms with Crippen molar-refractivity contribution in [2.24, 2.45) is 0 Å². The lowest BCUT2D eigenvalue weighted by atomic mass is 9.87. The number of anilines is 2. The number of carboxylic acids is 1. The summed E-state index contributed by atoms with van der Waals surface area (Å²) in [6.07, 6.45) is 7.10. The molecule has 1 saturated heterocycles. The largest absolute Gasteiger partial charge is 0.478 e. The molecule has 3 aromatic heterocycles. The zero-order chi connectivity index (χ0) is 22.2. The first kappa shape index (κ1) is 20.3. The molecule has 2 N–H and O–H groups in total. The summed E-state index contributed by atoms with van der Waals surface area (Å²) >= 11 is 0. The number of rotatable bonds is 5. The van der Waals surface area contributed by atoms with E-state index in [0.717, 1.165) is 61.6 Å². The van der Waals surface area contributed by atoms with Gasteiger partial charge in [0, 0.05) is 56.0 Å². The van der Waals surface area contributed by atoms with Gasteiger partial charge in [-0.25, -0.2) is 9.78 Å². The molecule has 2 aliphatic rings. The highest BCUT2D eigenvalue weighted by molar-refractivity contribution is 5.88. The lowest BCUT2D eigenvalue weighted by Crippen LogP contribution is -2.47. The fourth-order valence-electron chi connectivity index (χ4n) is 4.62. The molecule has 0 atom stereocenters. The first-order chi connectivity index (χ1) is 15.6. The molecular weight excluding hydrogens is 406 g/mol. The number of pyridine rings is 2. The smallest absolute Gasteiger partial charge is 0.337 e. The van der Waals surface area contributed by atoms with E-state index < -0.39 is 5.97 Å². The molecule has 164 valence electrons. The van der Waals surface area contributed by atoms with Crippen molar-refractivity contribution in [2.75, 3.05) is 43.0 Å². The van der Waals surface area contributed by atoms with Crippen LogP contribution in [0.4, 0.5) is 11.5 Å². The van der Waals surface area contributed by atoms with E-state index in [9.17, 15) is 15.2 Å². The number of carboxylic acid groups (broad SMARTS) is 1. The summed E-state index contributed by atoms with van der Waals surface area (Å²) in [6.45, 7) is 3.04. The summed E-state index contributed by atoms with van der Waals surface area (Å²) in [5.41, 5.74) is 2.56. The summed E-state index contributed by atoms with van der Waals surface area (Å²) in [7, 11) is 1.99. The number of nitriles is 1. The van der Waals surface area contributed by atoms with Gasteiger partial charge in [-0.3, -0.25) is 4.98 Å². The third-order valence-corrected chi connectivity index (χ3v) is 6.64. The molecule has 9 heteroatoms. The SMILES string of the molecule is CN[C@H]1C[C@H](n2cc(C#N)c3ccc(N4CCN(c5cncc(C(=O)O)c5)CC4)nc32)C1. The highest BCUT2D eigenvalue weighted by Gasteiger charge is 2.31. The second-order valence-electron chi connectivity index (χ2n) is 8.42. The van der Waals surface area contributed by atoms with Crippen LogP contribution in [0.25, 0.3) is 11.0 Å². The van der Waals surface area contributed by atoms with Crippen molar-refractivity contribution in [1.29, 1.82) is 5.26 Å². The summed E-state index contributed by atoms with van der Waals surface area (Å²) in [6, 6.07) is 8.87. The fraction of sp³-hybridized carbons (Fsp3) is 0.391. The number of fused-ring (bicyclic) bond motifs is 1. The number of hydrogen-bond acceptors (Lipinski definition) is 7. The fourth-order valence-corrected chi connectivity index (χ4v) is 4.62. The predicted molar refractivity (Wildman–Crippen MR) is 121 cm³/mol. The standard InChI is InChI=1S/C23H25N7O2/c1-25-17-9-18(10-17)30-14-16(11-24)20-2-3-21(27-22(20)30)29-6-4-28(5-7-29)19-8-15(23(31)32)12-26-13-19/h2-3,8,12-14,17-18,25H,4-7,9-10H2,1H3,(H,31,32)/t17-,18-. The van der Waals surface area contributed by atoms with Crippen LogP contribution in [-0.4, -0.2) is 64.9 Å². The van der Waals surface area contributed by atoms with E-state index in [1.807, 2.05) is 25.4 Å². The van der Waals surface area contributed by atoms with Gasteiger partial charge in [-0.2, -0.15) is 5.26 Å². The maximum absolute atomic E-state index is 11.2. The molecule has 1 aliphatic heterocycles. The molecule has 2 fully saturated rings. The van der Waals surface area contributed by atoms with E-state index in [2.05, 4.69) is 30.7 Å². The number of carbonyl (C=O) groups is 1. The number of nitrogens with one attached hydrogen (secondary N) is 1. The number of aromatic carboxylic acids is 1. The van der Waals surface area contributed by atoms with E-state index >= 15 is 0 Å². The van der Waals surface area contributed by atoms with Crippen molar-refractivity contribution in [3.05, 3.63) is 47.9 Å². The van der Waals surface area contributed by atoms with E-state index in [1.54, 1.807) is 12.3 Å². The minimum Gasteiger partial charge on any atom is -0.478 e. The Morgan fingerprint density at radius 3 is 2.62 bits per heavy atom. The minimum atomic E-state index is -0.970. The average molecular weight is 432 g/mol. The van der Waals surface area contributed by atoms with E-state index in [1.165, 1.54) is 6.20 Å². The van der Waals surface area contributed by atoms with Gasteiger partial charge in [-0.1, -0.05) is 0 Å². The van der Waals surface area contributed by atoms with Crippen LogP contribution in [0, 0.1) is 11.3 Å². The zero-order valence-electron chi connectivity index (χ0n) is 17.9. The van der Waals surface area contributed by atoms with Crippen molar-refractivity contribution in [1.82, 2.24) is 19.9 Å². The minimum absolute atomic E-state index is 0.197. The normalized spacial score (nSPS) is 20.8. The molecule has 32 heavy (non-hydrogen) atoms. The van der Waals surface area contributed by atoms with Gasteiger partial charge in [-0.15, -0.1) is 0 Å². The van der Waals surface area contributed by atoms with Crippen LogP contribution in [0.5, 0.6) is 0 Å². The molecule has 0 amide bonds. The summed E-state index contributed by atoms with van der Waals surface area (Å²) in [4.78, 5) is 24.7. The molecular formula is C23H25N7O2. The third kappa shape index (κ3) is 3.52. The number of piperazine rings is 1. The average Bonchev–Trinajstić information content (AvgIpc) is 3.16. The van der Waals surface area contributed by atoms with Gasteiger partial charge in [0.05, 0.1) is 23.0 Å². The highest BCUT2D eigenvalue weighted by Crippen LogP contribution is 2.36. The second-order valence-corrected chi connectivity index (χ2v) is 8.42. The molecule has 0 bridgehead atoms. The zero-order valence-corrected chi connectivity index (χ0v) is 17.9.